The maximum Gasteiger partial charge on any atom is 0.187 e. The van der Waals surface area contributed by atoms with Crippen LogP contribution in [0.1, 0.15) is 64.5 Å². The van der Waals surface area contributed by atoms with E-state index in [0.717, 1.165) is 33.5 Å². The number of nitrogens with zero attached hydrogens (tertiary/aromatic N) is 1. The quantitative estimate of drug-likeness (QED) is 0.162. The first kappa shape index (κ1) is 44.9. The monoisotopic (exact) mass is 974 g/mol. The molecule has 2 aliphatic heterocycles. The van der Waals surface area contributed by atoms with Crippen LogP contribution in [0.15, 0.2) is 152 Å². The highest BCUT2D eigenvalue weighted by molar-refractivity contribution is 9.11. The molecule has 0 spiro atoms. The molecule has 2 saturated heterocycles. The van der Waals surface area contributed by atoms with Crippen LogP contribution in [0.25, 0.3) is 0 Å². The Balaban J connectivity index is 0.000000180. The molecule has 0 aliphatic carbocycles. The Kier molecular flexibility index (Phi) is 16.8. The molecule has 2 heterocycles. The Hall–Kier alpha value is -4.20. The van der Waals surface area contributed by atoms with Crippen LogP contribution in [0.2, 0.25) is 0 Å². The molecular weight excluding hydrogens is 934 g/mol. The topological polar surface area (TPSA) is 73.1 Å². The molecule has 0 atom stereocenters. The highest BCUT2D eigenvalue weighted by atomic mass is 79.9. The molecule has 0 unspecified atom stereocenters. The molecule has 6 aromatic rings. The molecule has 0 bridgehead atoms. The fraction of sp³-hybridized carbons (Fsp3) is 0.191. The number of halogens is 5. The number of benzene rings is 6. The summed E-state index contributed by atoms with van der Waals surface area (Å²) >= 11 is 10.2. The molecule has 58 heavy (non-hydrogen) atoms. The van der Waals surface area contributed by atoms with E-state index in [1.807, 2.05) is 121 Å². The van der Waals surface area contributed by atoms with E-state index >= 15 is 0 Å². The van der Waals surface area contributed by atoms with E-state index in [2.05, 4.69) is 47.8 Å². The highest BCUT2D eigenvalue weighted by Crippen LogP contribution is 2.41. The number of hydrogen-bond acceptors (Lipinski definition) is 6. The third-order valence-corrected chi connectivity index (χ3v) is 11.8. The van der Waals surface area contributed by atoms with Gasteiger partial charge in [0.15, 0.2) is 12.6 Å². The zero-order valence-corrected chi connectivity index (χ0v) is 35.9. The van der Waals surface area contributed by atoms with Crippen LogP contribution in [0, 0.1) is 30.9 Å². The molecule has 0 saturated carbocycles. The van der Waals surface area contributed by atoms with Gasteiger partial charge in [0.05, 0.1) is 43.5 Å². The van der Waals surface area contributed by atoms with Crippen LogP contribution in [0.5, 0.6) is 0 Å². The molecule has 1 N–H and O–H groups in total. The molecule has 6 nitrogen and oxygen atoms in total. The van der Waals surface area contributed by atoms with Gasteiger partial charge in [-0.3, -0.25) is 5.41 Å². The van der Waals surface area contributed by atoms with Crippen LogP contribution in [0.4, 0.5) is 14.5 Å². The standard InChI is InChI=1S/C23H19BrFNO2.C13H11N.C10H9Br2FO2.CH4/c1-15-18(25)14-19(20(21(15)24)23-27-12-13-28-23)26-22(16-8-4-2-5-9-16)17-10-6-3-7-11-17;14-13(11-7-3-1-4-8-11)12-9-5-2-6-10-12;1-5-7(13)4-6(11)8(9(5)12)10-14-2-3-15-10;/h2-11,14,23H,12-13H2,1H3;1-10,14H;4,10H,2-3H2,1H3;1H4. The Bertz CT molecular complexity index is 2220. The van der Waals surface area contributed by atoms with Gasteiger partial charge in [0.25, 0.3) is 0 Å². The van der Waals surface area contributed by atoms with Crippen molar-refractivity contribution in [1.29, 1.82) is 5.41 Å². The van der Waals surface area contributed by atoms with Gasteiger partial charge in [0.2, 0.25) is 0 Å². The minimum absolute atomic E-state index is 0. The van der Waals surface area contributed by atoms with Crippen molar-refractivity contribution in [3.05, 3.63) is 203 Å². The van der Waals surface area contributed by atoms with Crippen molar-refractivity contribution in [2.45, 2.75) is 33.9 Å². The van der Waals surface area contributed by atoms with Crippen molar-refractivity contribution in [2.24, 2.45) is 4.99 Å². The predicted molar refractivity (Wildman–Crippen MR) is 238 cm³/mol. The SMILES string of the molecule is C.Cc1c(F)cc(Br)c(C2OCCO2)c1Br.Cc1c(F)cc(N=C(c2ccccc2)c2ccccc2)c(C2OCCO2)c1Br.N=C(c1ccccc1)c1ccccc1. The molecule has 0 amide bonds. The zero-order valence-electron chi connectivity index (χ0n) is 31.2. The number of hydrogen-bond donors (Lipinski definition) is 1. The fourth-order valence-corrected chi connectivity index (χ4v) is 8.02. The summed E-state index contributed by atoms with van der Waals surface area (Å²) in [6.07, 6.45) is -0.978. The van der Waals surface area contributed by atoms with E-state index in [1.165, 1.54) is 12.1 Å². The molecule has 2 fully saturated rings. The van der Waals surface area contributed by atoms with E-state index in [-0.39, 0.29) is 19.1 Å². The van der Waals surface area contributed by atoms with Gasteiger partial charge in [-0.2, -0.15) is 0 Å². The molecule has 300 valence electrons. The average molecular weight is 978 g/mol. The van der Waals surface area contributed by atoms with Crippen molar-refractivity contribution >= 4 is 64.9 Å². The zero-order chi connectivity index (χ0) is 40.3. The van der Waals surface area contributed by atoms with Gasteiger partial charge in [0.1, 0.15) is 11.6 Å². The smallest absolute Gasteiger partial charge is 0.187 e. The first-order valence-corrected chi connectivity index (χ1v) is 20.5. The summed E-state index contributed by atoms with van der Waals surface area (Å²) in [6.45, 7) is 5.58. The molecule has 2 aliphatic rings. The number of rotatable bonds is 7. The summed E-state index contributed by atoms with van der Waals surface area (Å²) in [5, 5.41) is 7.97. The van der Waals surface area contributed by atoms with Gasteiger partial charge in [-0.1, -0.05) is 145 Å². The first-order chi connectivity index (χ1) is 27.6. The molecule has 0 radical (unpaired) electrons. The van der Waals surface area contributed by atoms with Crippen molar-refractivity contribution in [3.63, 3.8) is 0 Å². The Morgan fingerprint density at radius 3 is 1.31 bits per heavy atom. The van der Waals surface area contributed by atoms with E-state index in [4.69, 9.17) is 29.3 Å². The summed E-state index contributed by atoms with van der Waals surface area (Å²) in [6, 6.07) is 42.2. The largest absolute Gasteiger partial charge is 0.346 e. The van der Waals surface area contributed by atoms with Gasteiger partial charge >= 0.3 is 0 Å². The van der Waals surface area contributed by atoms with Crippen LogP contribution < -0.4 is 0 Å². The Labute approximate surface area is 364 Å². The lowest BCUT2D eigenvalue weighted by molar-refractivity contribution is -0.0453. The van der Waals surface area contributed by atoms with Crippen molar-refractivity contribution in [1.82, 2.24) is 0 Å². The van der Waals surface area contributed by atoms with Crippen LogP contribution in [0.3, 0.4) is 0 Å². The third kappa shape index (κ3) is 11.1. The van der Waals surface area contributed by atoms with Crippen LogP contribution in [-0.4, -0.2) is 37.9 Å². The second kappa shape index (κ2) is 21.7. The number of nitrogens with one attached hydrogen (secondary N) is 1. The Morgan fingerprint density at radius 2 is 0.897 bits per heavy atom. The molecular formula is C47H43Br3F2N2O4. The molecule has 6 aromatic carbocycles. The highest BCUT2D eigenvalue weighted by Gasteiger charge is 2.28. The van der Waals surface area contributed by atoms with Crippen molar-refractivity contribution < 1.29 is 27.7 Å². The summed E-state index contributed by atoms with van der Waals surface area (Å²) in [4.78, 5) is 4.89. The van der Waals surface area contributed by atoms with Gasteiger partial charge in [0, 0.05) is 41.7 Å². The van der Waals surface area contributed by atoms with E-state index in [1.54, 1.807) is 13.8 Å². The summed E-state index contributed by atoms with van der Waals surface area (Å²) in [7, 11) is 0. The van der Waals surface area contributed by atoms with E-state index < -0.39 is 12.6 Å². The minimum atomic E-state index is -0.569. The normalized spacial score (nSPS) is 13.7. The summed E-state index contributed by atoms with van der Waals surface area (Å²) < 4.78 is 52.1. The maximum atomic E-state index is 14.6. The van der Waals surface area contributed by atoms with Gasteiger partial charge in [-0.25, -0.2) is 13.8 Å². The number of aliphatic imine (C=N–C) groups is 1. The summed E-state index contributed by atoms with van der Waals surface area (Å²) in [5.74, 6) is -0.580. The van der Waals surface area contributed by atoms with Gasteiger partial charge < -0.3 is 18.9 Å². The van der Waals surface area contributed by atoms with E-state index in [9.17, 15) is 8.78 Å². The average Bonchev–Trinajstić information content (AvgIpc) is 3.99. The molecule has 0 aromatic heterocycles. The second-order valence-corrected chi connectivity index (χ2v) is 15.3. The molecule has 8 rings (SSSR count). The Morgan fingerprint density at radius 1 is 0.552 bits per heavy atom. The lowest BCUT2D eigenvalue weighted by Crippen LogP contribution is -2.06. The summed E-state index contributed by atoms with van der Waals surface area (Å²) in [5.41, 5.74) is 8.23. The van der Waals surface area contributed by atoms with Crippen molar-refractivity contribution in [2.75, 3.05) is 26.4 Å². The van der Waals surface area contributed by atoms with Crippen LogP contribution in [-0.2, 0) is 18.9 Å². The van der Waals surface area contributed by atoms with E-state index in [0.29, 0.717) is 67.9 Å². The lowest BCUT2D eigenvalue weighted by Gasteiger charge is -2.18. The van der Waals surface area contributed by atoms with Crippen molar-refractivity contribution in [3.8, 4) is 0 Å². The first-order valence-electron chi connectivity index (χ1n) is 18.1. The van der Waals surface area contributed by atoms with Crippen LogP contribution >= 0.6 is 47.8 Å². The maximum absolute atomic E-state index is 14.6. The minimum Gasteiger partial charge on any atom is -0.346 e. The predicted octanol–water partition coefficient (Wildman–Crippen LogP) is 13.6. The van der Waals surface area contributed by atoms with Gasteiger partial charge in [-0.05, 0) is 74.0 Å². The number of ether oxygens (including phenoxy) is 4. The fourth-order valence-electron chi connectivity index (χ4n) is 6.00. The van der Waals surface area contributed by atoms with Gasteiger partial charge in [-0.15, -0.1) is 0 Å². The lowest BCUT2D eigenvalue weighted by atomic mass is 10.0. The third-order valence-electron chi connectivity index (χ3n) is 9.06. The molecule has 11 heteroatoms. The second-order valence-electron chi connectivity index (χ2n) is 12.9.